The summed E-state index contributed by atoms with van der Waals surface area (Å²) in [7, 11) is 1.80. The molecule has 24 heavy (non-hydrogen) atoms. The van der Waals surface area contributed by atoms with E-state index in [4.69, 9.17) is 4.74 Å². The topological polar surface area (TPSA) is 61.2 Å². The van der Waals surface area contributed by atoms with Gasteiger partial charge in [0.15, 0.2) is 6.10 Å². The van der Waals surface area contributed by atoms with Crippen molar-refractivity contribution in [3.63, 3.8) is 0 Å². The van der Waals surface area contributed by atoms with E-state index in [0.717, 1.165) is 24.8 Å². The van der Waals surface area contributed by atoms with Gasteiger partial charge >= 0.3 is 5.97 Å². The number of benzene rings is 1. The van der Waals surface area contributed by atoms with Crippen LogP contribution in [0.3, 0.4) is 0 Å². The summed E-state index contributed by atoms with van der Waals surface area (Å²) in [6, 6.07) is 5.76. The van der Waals surface area contributed by atoms with Gasteiger partial charge in [0.2, 0.25) is 5.78 Å². The number of rotatable bonds is 5. The first kappa shape index (κ1) is 16.2. The molecule has 0 saturated carbocycles. The number of esters is 1. The lowest BCUT2D eigenvalue weighted by atomic mass is 10.0. The quantitative estimate of drug-likeness (QED) is 0.482. The second-order valence-corrected chi connectivity index (χ2v) is 6.06. The second kappa shape index (κ2) is 6.83. The fourth-order valence-corrected chi connectivity index (χ4v) is 2.92. The molecule has 5 heteroatoms. The molecule has 0 N–H and O–H groups in total. The zero-order chi connectivity index (χ0) is 17.1. The summed E-state index contributed by atoms with van der Waals surface area (Å²) in [6.45, 7) is 1.60. The van der Waals surface area contributed by atoms with Gasteiger partial charge in [0.25, 0.3) is 0 Å². The molecule has 1 aromatic carbocycles. The van der Waals surface area contributed by atoms with Crippen LogP contribution in [0, 0.1) is 0 Å². The molecule has 0 aliphatic heterocycles. The summed E-state index contributed by atoms with van der Waals surface area (Å²) in [5, 5.41) is 4.01. The van der Waals surface area contributed by atoms with E-state index in [0.29, 0.717) is 5.56 Å². The Morgan fingerprint density at radius 3 is 2.83 bits per heavy atom. The summed E-state index contributed by atoms with van der Waals surface area (Å²) >= 11 is 0. The van der Waals surface area contributed by atoms with Gasteiger partial charge in [-0.25, -0.2) is 4.79 Å². The second-order valence-electron chi connectivity index (χ2n) is 6.06. The van der Waals surface area contributed by atoms with E-state index in [2.05, 4.69) is 5.10 Å². The van der Waals surface area contributed by atoms with Crippen molar-refractivity contribution in [2.75, 3.05) is 0 Å². The van der Waals surface area contributed by atoms with E-state index < -0.39 is 12.1 Å². The van der Waals surface area contributed by atoms with Crippen LogP contribution < -0.4 is 0 Å². The van der Waals surface area contributed by atoms with Gasteiger partial charge in [-0.3, -0.25) is 9.48 Å². The van der Waals surface area contributed by atoms with Crippen molar-refractivity contribution >= 4 is 17.8 Å². The molecule has 0 spiro atoms. The molecule has 0 saturated heterocycles. The van der Waals surface area contributed by atoms with Gasteiger partial charge in [-0.1, -0.05) is 12.1 Å². The van der Waals surface area contributed by atoms with Crippen LogP contribution >= 0.6 is 0 Å². The number of hydrogen-bond acceptors (Lipinski definition) is 4. The number of fused-ring (bicyclic) bond motifs is 1. The van der Waals surface area contributed by atoms with Gasteiger partial charge in [0.05, 0.1) is 6.20 Å². The zero-order valence-corrected chi connectivity index (χ0v) is 13.9. The SMILES string of the molecule is CC(OC(=O)C=Cc1cnn(C)c1)C(=O)c1ccc2c(c1)CCC2. The van der Waals surface area contributed by atoms with Crippen LogP contribution in [-0.2, 0) is 29.4 Å². The van der Waals surface area contributed by atoms with Crippen LogP contribution in [0.2, 0.25) is 0 Å². The molecule has 1 aromatic heterocycles. The number of aryl methyl sites for hydroxylation is 3. The Balaban J connectivity index is 1.61. The first-order valence-corrected chi connectivity index (χ1v) is 8.06. The van der Waals surface area contributed by atoms with Crippen molar-refractivity contribution in [3.8, 4) is 0 Å². The van der Waals surface area contributed by atoms with Crippen molar-refractivity contribution in [3.05, 3.63) is 58.9 Å². The Kier molecular flexibility index (Phi) is 4.60. The average molecular weight is 324 g/mol. The minimum absolute atomic E-state index is 0.173. The predicted molar refractivity (Wildman–Crippen MR) is 90.6 cm³/mol. The third-order valence-electron chi connectivity index (χ3n) is 4.18. The lowest BCUT2D eigenvalue weighted by Crippen LogP contribution is -2.23. The van der Waals surface area contributed by atoms with Gasteiger partial charge in [-0.05, 0) is 49.5 Å². The molecular weight excluding hydrogens is 304 g/mol. The fraction of sp³-hybridized carbons (Fsp3) is 0.316. The van der Waals surface area contributed by atoms with Crippen LogP contribution in [0.4, 0.5) is 0 Å². The van der Waals surface area contributed by atoms with Crippen LogP contribution in [0.1, 0.15) is 40.4 Å². The molecule has 1 aliphatic rings. The van der Waals surface area contributed by atoms with E-state index >= 15 is 0 Å². The molecule has 1 atom stereocenters. The molecule has 124 valence electrons. The largest absolute Gasteiger partial charge is 0.451 e. The van der Waals surface area contributed by atoms with E-state index in [9.17, 15) is 9.59 Å². The van der Waals surface area contributed by atoms with Crippen LogP contribution in [0.25, 0.3) is 6.08 Å². The summed E-state index contributed by atoms with van der Waals surface area (Å²) in [6.07, 6.45) is 8.76. The molecule has 5 nitrogen and oxygen atoms in total. The molecule has 1 heterocycles. The maximum atomic E-state index is 12.4. The summed E-state index contributed by atoms with van der Waals surface area (Å²) in [4.78, 5) is 24.3. The highest BCUT2D eigenvalue weighted by Gasteiger charge is 2.20. The average Bonchev–Trinajstić information content (AvgIpc) is 3.19. The van der Waals surface area contributed by atoms with Crippen molar-refractivity contribution < 1.29 is 14.3 Å². The van der Waals surface area contributed by atoms with E-state index in [1.54, 1.807) is 37.1 Å². The van der Waals surface area contributed by atoms with E-state index in [1.165, 1.54) is 17.2 Å². The standard InChI is InChI=1S/C19H20N2O3/c1-13(24-18(22)9-6-14-11-20-21(2)12-14)19(23)17-8-7-15-4-3-5-16(15)10-17/h6-13H,3-5H2,1-2H3. The Morgan fingerprint density at radius 2 is 2.08 bits per heavy atom. The maximum Gasteiger partial charge on any atom is 0.331 e. The minimum atomic E-state index is -0.810. The molecule has 1 aliphatic carbocycles. The Labute approximate surface area is 140 Å². The first-order valence-electron chi connectivity index (χ1n) is 8.06. The number of Topliss-reactive ketones (excluding diaryl/α,β-unsaturated/α-hetero) is 1. The summed E-state index contributed by atoms with van der Waals surface area (Å²) in [5.74, 6) is -0.714. The lowest BCUT2D eigenvalue weighted by molar-refractivity contribution is -0.140. The van der Waals surface area contributed by atoms with Crippen LogP contribution in [-0.4, -0.2) is 27.6 Å². The lowest BCUT2D eigenvalue weighted by Gasteiger charge is -2.11. The molecule has 2 aromatic rings. The van der Waals surface area contributed by atoms with Gasteiger partial charge in [0.1, 0.15) is 0 Å². The summed E-state index contributed by atoms with van der Waals surface area (Å²) < 4.78 is 6.86. The normalized spacial score (nSPS) is 14.6. The highest BCUT2D eigenvalue weighted by molar-refractivity contribution is 6.01. The van der Waals surface area contributed by atoms with Gasteiger partial charge in [-0.2, -0.15) is 5.10 Å². The highest BCUT2D eigenvalue weighted by Crippen LogP contribution is 2.23. The van der Waals surface area contributed by atoms with Crippen molar-refractivity contribution in [1.82, 2.24) is 9.78 Å². The minimum Gasteiger partial charge on any atom is -0.451 e. The monoisotopic (exact) mass is 324 g/mol. The zero-order valence-electron chi connectivity index (χ0n) is 13.9. The predicted octanol–water partition coefficient (Wildman–Crippen LogP) is 2.74. The van der Waals surface area contributed by atoms with E-state index in [1.807, 2.05) is 18.2 Å². The molecule has 0 bridgehead atoms. The van der Waals surface area contributed by atoms with Crippen molar-refractivity contribution in [2.45, 2.75) is 32.3 Å². The molecule has 0 radical (unpaired) electrons. The Hall–Kier alpha value is -2.69. The Bertz CT molecular complexity index is 805. The molecule has 1 unspecified atom stereocenters. The highest BCUT2D eigenvalue weighted by atomic mass is 16.5. The van der Waals surface area contributed by atoms with Gasteiger partial charge in [-0.15, -0.1) is 0 Å². The van der Waals surface area contributed by atoms with Gasteiger partial charge < -0.3 is 4.74 Å². The molecule has 0 fully saturated rings. The maximum absolute atomic E-state index is 12.4. The third kappa shape index (κ3) is 3.62. The number of carbonyl (C=O) groups excluding carboxylic acids is 2. The third-order valence-corrected chi connectivity index (χ3v) is 4.18. The Morgan fingerprint density at radius 1 is 1.29 bits per heavy atom. The fourth-order valence-electron chi connectivity index (χ4n) is 2.92. The van der Waals surface area contributed by atoms with Crippen molar-refractivity contribution in [2.24, 2.45) is 7.05 Å². The number of nitrogens with zero attached hydrogens (tertiary/aromatic N) is 2. The number of aromatic nitrogens is 2. The van der Waals surface area contributed by atoms with Crippen LogP contribution in [0.15, 0.2) is 36.7 Å². The number of ether oxygens (including phenoxy) is 1. The van der Waals surface area contributed by atoms with E-state index in [-0.39, 0.29) is 5.78 Å². The number of ketones is 1. The van der Waals surface area contributed by atoms with Crippen LogP contribution in [0.5, 0.6) is 0 Å². The smallest absolute Gasteiger partial charge is 0.331 e. The van der Waals surface area contributed by atoms with Crippen molar-refractivity contribution in [1.29, 1.82) is 0 Å². The molecule has 3 rings (SSSR count). The molecule has 0 amide bonds. The summed E-state index contributed by atoms with van der Waals surface area (Å²) in [5.41, 5.74) is 3.95. The first-order chi connectivity index (χ1) is 11.5. The van der Waals surface area contributed by atoms with Gasteiger partial charge in [0, 0.05) is 30.4 Å². The molecular formula is C19H20N2O3. The number of carbonyl (C=O) groups is 2. The number of hydrogen-bond donors (Lipinski definition) is 0.